The van der Waals surface area contributed by atoms with Gasteiger partial charge >= 0.3 is 0 Å². The molecule has 2 aliphatic rings. The molecule has 0 spiro atoms. The second kappa shape index (κ2) is 5.80. The van der Waals surface area contributed by atoms with Crippen LogP contribution in [0.1, 0.15) is 44.9 Å². The lowest BCUT2D eigenvalue weighted by Gasteiger charge is -2.32. The van der Waals surface area contributed by atoms with E-state index in [1.165, 1.54) is 11.9 Å². The molecule has 0 radical (unpaired) electrons. The maximum absolute atomic E-state index is 12.0. The van der Waals surface area contributed by atoms with Gasteiger partial charge in [-0.2, -0.15) is 0 Å². The summed E-state index contributed by atoms with van der Waals surface area (Å²) in [4.78, 5) is 24.6. The zero-order chi connectivity index (χ0) is 13.1. The number of nitrogens with one attached hydrogen (secondary N) is 1. The van der Waals surface area contributed by atoms with E-state index in [4.69, 9.17) is 0 Å². The molecule has 2 fully saturated rings. The van der Waals surface area contributed by atoms with E-state index in [1.807, 2.05) is 0 Å². The van der Waals surface area contributed by atoms with Crippen LogP contribution in [0.25, 0.3) is 0 Å². The third kappa shape index (κ3) is 2.90. The molecule has 5 heteroatoms. The van der Waals surface area contributed by atoms with Gasteiger partial charge in [-0.25, -0.2) is 0 Å². The van der Waals surface area contributed by atoms with E-state index in [-0.39, 0.29) is 30.0 Å². The number of nitrogens with zero attached hydrogens (tertiary/aromatic N) is 1. The molecule has 1 saturated heterocycles. The zero-order valence-corrected chi connectivity index (χ0v) is 10.9. The Morgan fingerprint density at radius 3 is 2.67 bits per heavy atom. The van der Waals surface area contributed by atoms with Gasteiger partial charge in [-0.3, -0.25) is 14.5 Å². The quantitative estimate of drug-likeness (QED) is 0.553. The molecular weight excluding hydrogens is 232 g/mol. The third-order valence-corrected chi connectivity index (χ3v) is 4.04. The standard InChI is InChI=1S/C13H22N2O3/c1-15-12(17)8-7-10(13(15)18)14-9-5-3-2-4-6-11(9)16/h9-11,14,16H,2-8H2,1H3. The fourth-order valence-electron chi connectivity index (χ4n) is 2.81. The predicted octanol–water partition coefficient (Wildman–Crippen LogP) is 0.417. The first-order valence-electron chi connectivity index (χ1n) is 6.84. The maximum atomic E-state index is 12.0. The van der Waals surface area contributed by atoms with Crippen molar-refractivity contribution < 1.29 is 14.7 Å². The first-order valence-corrected chi connectivity index (χ1v) is 6.84. The molecule has 3 unspecified atom stereocenters. The topological polar surface area (TPSA) is 69.6 Å². The van der Waals surface area contributed by atoms with Crippen LogP contribution in [0.3, 0.4) is 0 Å². The highest BCUT2D eigenvalue weighted by atomic mass is 16.3. The highest BCUT2D eigenvalue weighted by Gasteiger charge is 2.34. The van der Waals surface area contributed by atoms with Gasteiger partial charge in [0.2, 0.25) is 11.8 Å². The average Bonchev–Trinajstić information content (AvgIpc) is 2.56. The van der Waals surface area contributed by atoms with E-state index in [9.17, 15) is 14.7 Å². The molecule has 0 aromatic carbocycles. The van der Waals surface area contributed by atoms with Gasteiger partial charge in [0.05, 0.1) is 12.1 Å². The summed E-state index contributed by atoms with van der Waals surface area (Å²) in [6.45, 7) is 0. The Hall–Kier alpha value is -0.940. The fraction of sp³-hybridized carbons (Fsp3) is 0.846. The van der Waals surface area contributed by atoms with Crippen molar-refractivity contribution in [1.82, 2.24) is 10.2 Å². The van der Waals surface area contributed by atoms with Crippen LogP contribution in [0.2, 0.25) is 0 Å². The van der Waals surface area contributed by atoms with Crippen LogP contribution in [-0.2, 0) is 9.59 Å². The number of hydrogen-bond donors (Lipinski definition) is 2. The molecule has 1 aliphatic heterocycles. The maximum Gasteiger partial charge on any atom is 0.246 e. The van der Waals surface area contributed by atoms with Crippen molar-refractivity contribution in [3.63, 3.8) is 0 Å². The number of aliphatic hydroxyl groups excluding tert-OH is 1. The highest BCUT2D eigenvalue weighted by molar-refractivity contribution is 6.00. The first kappa shape index (κ1) is 13.5. The summed E-state index contributed by atoms with van der Waals surface area (Å²) >= 11 is 0. The number of carbonyl (C=O) groups excluding carboxylic acids is 2. The lowest BCUT2D eigenvalue weighted by atomic mass is 10.00. The second-order valence-corrected chi connectivity index (χ2v) is 5.36. The number of piperidine rings is 1. The SMILES string of the molecule is CN1C(=O)CCC(NC2CCCCCC2O)C1=O. The number of hydrogen-bond acceptors (Lipinski definition) is 4. The summed E-state index contributed by atoms with van der Waals surface area (Å²) in [5.74, 6) is -0.276. The van der Waals surface area contributed by atoms with Crippen molar-refractivity contribution in [2.75, 3.05) is 7.05 Å². The minimum atomic E-state index is -0.372. The molecule has 1 aliphatic carbocycles. The van der Waals surface area contributed by atoms with Gasteiger partial charge in [0.15, 0.2) is 0 Å². The van der Waals surface area contributed by atoms with Gasteiger partial charge in [-0.15, -0.1) is 0 Å². The van der Waals surface area contributed by atoms with E-state index >= 15 is 0 Å². The lowest BCUT2D eigenvalue weighted by molar-refractivity contribution is -0.148. The van der Waals surface area contributed by atoms with Gasteiger partial charge in [0.1, 0.15) is 0 Å². The molecule has 2 rings (SSSR count). The van der Waals surface area contributed by atoms with Gasteiger partial charge in [-0.05, 0) is 19.3 Å². The molecule has 5 nitrogen and oxygen atoms in total. The van der Waals surface area contributed by atoms with Crippen molar-refractivity contribution in [3.8, 4) is 0 Å². The fourth-order valence-corrected chi connectivity index (χ4v) is 2.81. The Morgan fingerprint density at radius 1 is 1.17 bits per heavy atom. The molecule has 1 saturated carbocycles. The van der Waals surface area contributed by atoms with E-state index in [0.717, 1.165) is 32.1 Å². The van der Waals surface area contributed by atoms with Gasteiger partial charge in [-0.1, -0.05) is 19.3 Å². The Morgan fingerprint density at radius 2 is 1.89 bits per heavy atom. The molecule has 18 heavy (non-hydrogen) atoms. The number of amides is 2. The number of likely N-dealkylation sites (N-methyl/N-ethyl adjacent to an activating group) is 1. The molecule has 3 atom stereocenters. The van der Waals surface area contributed by atoms with Crippen LogP contribution in [0.15, 0.2) is 0 Å². The molecule has 2 N–H and O–H groups in total. The van der Waals surface area contributed by atoms with E-state index in [2.05, 4.69) is 5.32 Å². The van der Waals surface area contributed by atoms with Crippen LogP contribution in [0, 0.1) is 0 Å². The normalized spacial score (nSPS) is 34.6. The Labute approximate surface area is 108 Å². The van der Waals surface area contributed by atoms with Gasteiger partial charge in [0, 0.05) is 19.5 Å². The molecular formula is C13H22N2O3. The zero-order valence-electron chi connectivity index (χ0n) is 10.9. The Balaban J connectivity index is 1.95. The molecule has 2 amide bonds. The Kier molecular flexibility index (Phi) is 4.35. The van der Waals surface area contributed by atoms with Crippen LogP contribution in [0.5, 0.6) is 0 Å². The van der Waals surface area contributed by atoms with Crippen LogP contribution in [0.4, 0.5) is 0 Å². The minimum absolute atomic E-state index is 0.0111. The first-order chi connectivity index (χ1) is 8.59. The third-order valence-electron chi connectivity index (χ3n) is 4.04. The van der Waals surface area contributed by atoms with Crippen molar-refractivity contribution in [2.24, 2.45) is 0 Å². The van der Waals surface area contributed by atoms with Crippen molar-refractivity contribution in [2.45, 2.75) is 63.1 Å². The summed E-state index contributed by atoms with van der Waals surface area (Å²) in [5.41, 5.74) is 0. The number of imide groups is 1. The van der Waals surface area contributed by atoms with Crippen LogP contribution >= 0.6 is 0 Å². The average molecular weight is 254 g/mol. The summed E-state index contributed by atoms with van der Waals surface area (Å²) in [7, 11) is 1.53. The number of aliphatic hydroxyl groups is 1. The molecule has 0 aromatic rings. The smallest absolute Gasteiger partial charge is 0.246 e. The summed E-state index contributed by atoms with van der Waals surface area (Å²) in [6, 6.07) is -0.325. The molecule has 0 aromatic heterocycles. The highest BCUT2D eigenvalue weighted by Crippen LogP contribution is 2.20. The van der Waals surface area contributed by atoms with E-state index < -0.39 is 0 Å². The van der Waals surface area contributed by atoms with Gasteiger partial charge in [0.25, 0.3) is 0 Å². The number of rotatable bonds is 2. The lowest BCUT2D eigenvalue weighted by Crippen LogP contribution is -2.56. The molecule has 102 valence electrons. The van der Waals surface area contributed by atoms with Crippen molar-refractivity contribution >= 4 is 11.8 Å². The van der Waals surface area contributed by atoms with Crippen molar-refractivity contribution in [1.29, 1.82) is 0 Å². The van der Waals surface area contributed by atoms with E-state index in [0.29, 0.717) is 12.8 Å². The minimum Gasteiger partial charge on any atom is -0.392 e. The summed E-state index contributed by atoms with van der Waals surface area (Å²) in [6.07, 6.45) is 5.57. The van der Waals surface area contributed by atoms with Gasteiger partial charge < -0.3 is 10.4 Å². The van der Waals surface area contributed by atoms with Crippen LogP contribution in [-0.4, -0.2) is 47.1 Å². The summed E-state index contributed by atoms with van der Waals surface area (Å²) in [5, 5.41) is 13.3. The summed E-state index contributed by atoms with van der Waals surface area (Å²) < 4.78 is 0. The van der Waals surface area contributed by atoms with Crippen LogP contribution < -0.4 is 5.32 Å². The Bertz CT molecular complexity index is 332. The second-order valence-electron chi connectivity index (χ2n) is 5.36. The largest absolute Gasteiger partial charge is 0.392 e. The molecule has 0 bridgehead atoms. The van der Waals surface area contributed by atoms with E-state index in [1.54, 1.807) is 0 Å². The monoisotopic (exact) mass is 254 g/mol. The number of likely N-dealkylation sites (tertiary alicyclic amines) is 1. The number of carbonyl (C=O) groups is 2. The predicted molar refractivity (Wildman–Crippen MR) is 66.8 cm³/mol. The molecule has 1 heterocycles. The van der Waals surface area contributed by atoms with Crippen molar-refractivity contribution in [3.05, 3.63) is 0 Å².